The molecule has 0 aliphatic heterocycles. The summed E-state index contributed by atoms with van der Waals surface area (Å²) in [6.45, 7) is 3.45. The van der Waals surface area contributed by atoms with Gasteiger partial charge in [-0.1, -0.05) is 11.6 Å². The first-order chi connectivity index (χ1) is 11.4. The number of hydrogen-bond acceptors (Lipinski definition) is 4. The Labute approximate surface area is 146 Å². The van der Waals surface area contributed by atoms with Gasteiger partial charge in [-0.3, -0.25) is 9.59 Å². The molecule has 0 saturated carbocycles. The molecule has 1 amide bonds. The number of ether oxygens (including phenoxy) is 1. The van der Waals surface area contributed by atoms with E-state index in [2.05, 4.69) is 10.6 Å². The number of anilines is 2. The van der Waals surface area contributed by atoms with Crippen LogP contribution in [0.4, 0.5) is 11.4 Å². The molecular formula is C18H19ClN2O3. The van der Waals surface area contributed by atoms with Crippen LogP contribution in [0.1, 0.15) is 22.8 Å². The number of benzene rings is 2. The van der Waals surface area contributed by atoms with E-state index in [4.69, 9.17) is 16.3 Å². The zero-order valence-electron chi connectivity index (χ0n) is 13.8. The van der Waals surface area contributed by atoms with Gasteiger partial charge >= 0.3 is 0 Å². The van der Waals surface area contributed by atoms with Gasteiger partial charge in [0.1, 0.15) is 5.75 Å². The first kappa shape index (κ1) is 17.8. The minimum Gasteiger partial charge on any atom is -0.495 e. The van der Waals surface area contributed by atoms with Gasteiger partial charge in [0.15, 0.2) is 5.78 Å². The van der Waals surface area contributed by atoms with Crippen molar-refractivity contribution in [3.63, 3.8) is 0 Å². The summed E-state index contributed by atoms with van der Waals surface area (Å²) in [4.78, 5) is 23.3. The minimum atomic E-state index is -0.208. The third-order valence-corrected chi connectivity index (χ3v) is 3.90. The van der Waals surface area contributed by atoms with Crippen LogP contribution < -0.4 is 15.4 Å². The van der Waals surface area contributed by atoms with Gasteiger partial charge in [0.25, 0.3) is 0 Å². The van der Waals surface area contributed by atoms with Gasteiger partial charge in [0.05, 0.1) is 19.3 Å². The average Bonchev–Trinajstić information content (AvgIpc) is 2.56. The molecule has 0 spiro atoms. The van der Waals surface area contributed by atoms with Gasteiger partial charge in [-0.05, 0) is 49.7 Å². The Morgan fingerprint density at radius 1 is 1.17 bits per heavy atom. The van der Waals surface area contributed by atoms with Crippen molar-refractivity contribution in [1.82, 2.24) is 0 Å². The Kier molecular flexibility index (Phi) is 5.82. The van der Waals surface area contributed by atoms with E-state index in [9.17, 15) is 9.59 Å². The van der Waals surface area contributed by atoms with E-state index in [1.54, 1.807) is 37.4 Å². The van der Waals surface area contributed by atoms with Crippen LogP contribution in [-0.4, -0.2) is 25.3 Å². The van der Waals surface area contributed by atoms with Crippen molar-refractivity contribution >= 4 is 34.7 Å². The molecule has 6 heteroatoms. The van der Waals surface area contributed by atoms with Crippen LogP contribution in [0.15, 0.2) is 36.4 Å². The largest absolute Gasteiger partial charge is 0.495 e. The van der Waals surface area contributed by atoms with E-state index in [0.717, 1.165) is 5.56 Å². The summed E-state index contributed by atoms with van der Waals surface area (Å²) in [5.41, 5.74) is 2.82. The molecule has 0 atom stereocenters. The lowest BCUT2D eigenvalue weighted by Gasteiger charge is -2.13. The molecule has 2 aromatic rings. The minimum absolute atomic E-state index is 0.0141. The molecule has 0 bridgehead atoms. The molecule has 0 aliphatic rings. The average molecular weight is 347 g/mol. The molecule has 0 unspecified atom stereocenters. The summed E-state index contributed by atoms with van der Waals surface area (Å²) in [6.07, 6.45) is 0. The van der Waals surface area contributed by atoms with Crippen molar-refractivity contribution in [2.75, 3.05) is 24.3 Å². The summed E-state index contributed by atoms with van der Waals surface area (Å²) in [5.74, 6) is 0.351. The van der Waals surface area contributed by atoms with E-state index >= 15 is 0 Å². The number of Topliss-reactive ketones (excluding diaryl/α,β-unsaturated/α-hetero) is 1. The lowest BCUT2D eigenvalue weighted by atomic mass is 10.1. The zero-order valence-corrected chi connectivity index (χ0v) is 14.5. The molecule has 2 rings (SSSR count). The predicted octanol–water partition coefficient (Wildman–Crippen LogP) is 3.91. The smallest absolute Gasteiger partial charge is 0.243 e. The highest BCUT2D eigenvalue weighted by Gasteiger charge is 2.09. The Balaban J connectivity index is 1.98. The van der Waals surface area contributed by atoms with Crippen LogP contribution in [-0.2, 0) is 4.79 Å². The predicted molar refractivity (Wildman–Crippen MR) is 96.3 cm³/mol. The van der Waals surface area contributed by atoms with E-state index < -0.39 is 0 Å². The number of hydrogen-bond donors (Lipinski definition) is 2. The van der Waals surface area contributed by atoms with Crippen LogP contribution >= 0.6 is 11.6 Å². The van der Waals surface area contributed by atoms with Gasteiger partial charge in [-0.25, -0.2) is 0 Å². The molecule has 2 aromatic carbocycles. The molecule has 0 saturated heterocycles. The third-order valence-electron chi connectivity index (χ3n) is 3.50. The molecule has 0 aromatic heterocycles. The summed E-state index contributed by atoms with van der Waals surface area (Å²) in [6, 6.07) is 10.3. The van der Waals surface area contributed by atoms with Gasteiger partial charge in [-0.15, -0.1) is 0 Å². The van der Waals surface area contributed by atoms with Crippen molar-refractivity contribution in [2.24, 2.45) is 0 Å². The van der Waals surface area contributed by atoms with Gasteiger partial charge in [0.2, 0.25) is 5.91 Å². The Bertz CT molecular complexity index is 758. The van der Waals surface area contributed by atoms with Crippen molar-refractivity contribution in [3.05, 3.63) is 52.5 Å². The van der Waals surface area contributed by atoms with E-state index in [0.29, 0.717) is 27.7 Å². The highest BCUT2D eigenvalue weighted by atomic mass is 35.5. The SMILES string of the molecule is COc1cc(Cl)c(C)cc1NCC(=O)Nc1ccc(C(C)=O)cc1. The maximum absolute atomic E-state index is 12.0. The maximum atomic E-state index is 12.0. The van der Waals surface area contributed by atoms with E-state index in [-0.39, 0.29) is 18.2 Å². The normalized spacial score (nSPS) is 10.2. The second-order valence-electron chi connectivity index (χ2n) is 5.34. The summed E-state index contributed by atoms with van der Waals surface area (Å²) >= 11 is 6.06. The number of amides is 1. The quantitative estimate of drug-likeness (QED) is 0.778. The standard InChI is InChI=1S/C18H19ClN2O3/c1-11-8-16(17(24-3)9-15(11)19)20-10-18(23)21-14-6-4-13(5-7-14)12(2)22/h4-9,20H,10H2,1-3H3,(H,21,23). The highest BCUT2D eigenvalue weighted by Crippen LogP contribution is 2.30. The van der Waals surface area contributed by atoms with Crippen molar-refractivity contribution < 1.29 is 14.3 Å². The fraction of sp³-hybridized carbons (Fsp3) is 0.222. The number of rotatable bonds is 6. The van der Waals surface area contributed by atoms with E-state index in [1.165, 1.54) is 6.92 Å². The number of carbonyl (C=O) groups excluding carboxylic acids is 2. The summed E-state index contributed by atoms with van der Waals surface area (Å²) in [5, 5.41) is 6.40. The number of carbonyl (C=O) groups is 2. The van der Waals surface area contributed by atoms with Crippen molar-refractivity contribution in [2.45, 2.75) is 13.8 Å². The molecule has 24 heavy (non-hydrogen) atoms. The number of halogens is 1. The first-order valence-electron chi connectivity index (χ1n) is 7.39. The molecular weight excluding hydrogens is 328 g/mol. The number of aryl methyl sites for hydroxylation is 1. The van der Waals surface area contributed by atoms with Crippen molar-refractivity contribution in [3.8, 4) is 5.75 Å². The van der Waals surface area contributed by atoms with E-state index in [1.807, 2.05) is 13.0 Å². The fourth-order valence-electron chi connectivity index (χ4n) is 2.14. The van der Waals surface area contributed by atoms with Gasteiger partial charge < -0.3 is 15.4 Å². The second-order valence-corrected chi connectivity index (χ2v) is 5.74. The monoisotopic (exact) mass is 346 g/mol. The fourth-order valence-corrected chi connectivity index (χ4v) is 2.29. The Morgan fingerprint density at radius 2 is 1.83 bits per heavy atom. The number of methoxy groups -OCH3 is 1. The highest BCUT2D eigenvalue weighted by molar-refractivity contribution is 6.31. The van der Waals surface area contributed by atoms with Gasteiger partial charge in [0, 0.05) is 22.3 Å². The Morgan fingerprint density at radius 3 is 2.42 bits per heavy atom. The van der Waals surface area contributed by atoms with Crippen LogP contribution in [0.3, 0.4) is 0 Å². The molecule has 0 heterocycles. The first-order valence-corrected chi connectivity index (χ1v) is 7.77. The van der Waals surface area contributed by atoms with Crippen LogP contribution in [0, 0.1) is 6.92 Å². The third kappa shape index (κ3) is 4.49. The molecule has 2 N–H and O–H groups in total. The lowest BCUT2D eigenvalue weighted by Crippen LogP contribution is -2.22. The van der Waals surface area contributed by atoms with Gasteiger partial charge in [-0.2, -0.15) is 0 Å². The molecule has 5 nitrogen and oxygen atoms in total. The second kappa shape index (κ2) is 7.84. The number of ketones is 1. The lowest BCUT2D eigenvalue weighted by molar-refractivity contribution is -0.114. The number of nitrogens with one attached hydrogen (secondary N) is 2. The molecule has 0 fully saturated rings. The molecule has 126 valence electrons. The van der Waals surface area contributed by atoms with Crippen molar-refractivity contribution in [1.29, 1.82) is 0 Å². The van der Waals surface area contributed by atoms with Crippen LogP contribution in [0.25, 0.3) is 0 Å². The maximum Gasteiger partial charge on any atom is 0.243 e. The molecule has 0 radical (unpaired) electrons. The summed E-state index contributed by atoms with van der Waals surface area (Å²) in [7, 11) is 1.54. The summed E-state index contributed by atoms with van der Waals surface area (Å²) < 4.78 is 5.26. The molecule has 0 aliphatic carbocycles. The Hall–Kier alpha value is -2.53. The van der Waals surface area contributed by atoms with Crippen LogP contribution in [0.2, 0.25) is 5.02 Å². The zero-order chi connectivity index (χ0) is 17.7. The van der Waals surface area contributed by atoms with Crippen LogP contribution in [0.5, 0.6) is 5.75 Å². The topological polar surface area (TPSA) is 67.4 Å².